The average Bonchev–Trinajstić information content (AvgIpc) is 3.75. The van der Waals surface area contributed by atoms with Crippen LogP contribution in [0.4, 0.5) is 13.2 Å². The molecule has 0 unspecified atom stereocenters. The van der Waals surface area contributed by atoms with Crippen molar-refractivity contribution in [3.8, 4) is 22.5 Å². The molecule has 0 fully saturated rings. The van der Waals surface area contributed by atoms with Crippen molar-refractivity contribution in [1.29, 1.82) is 0 Å². The molecule has 6 aromatic rings. The number of rotatable bonds is 2. The molecule has 0 saturated heterocycles. The summed E-state index contributed by atoms with van der Waals surface area (Å²) >= 11 is 0. The van der Waals surface area contributed by atoms with Gasteiger partial charge in [0.25, 0.3) is 0 Å². The van der Waals surface area contributed by atoms with Crippen LogP contribution >= 0.6 is 0 Å². The minimum absolute atomic E-state index is 0. The van der Waals surface area contributed by atoms with E-state index in [1.807, 2.05) is 37.3 Å². The molecule has 0 spiro atoms. The van der Waals surface area contributed by atoms with Crippen molar-refractivity contribution in [2.45, 2.75) is 13.1 Å². The van der Waals surface area contributed by atoms with Gasteiger partial charge >= 0.3 is 6.18 Å². The number of benzene rings is 2. The summed E-state index contributed by atoms with van der Waals surface area (Å²) in [4.78, 5) is 0. The van der Waals surface area contributed by atoms with E-state index in [9.17, 15) is 13.2 Å². The number of alkyl halides is 3. The second-order valence-electron chi connectivity index (χ2n) is 6.98. The fraction of sp³-hybridized carbons (Fsp3) is 0.0769. The van der Waals surface area contributed by atoms with E-state index >= 15 is 0 Å². The van der Waals surface area contributed by atoms with E-state index in [2.05, 4.69) is 52.9 Å². The van der Waals surface area contributed by atoms with Crippen LogP contribution in [0.3, 0.4) is 0 Å². The minimum atomic E-state index is -4.44. The summed E-state index contributed by atoms with van der Waals surface area (Å²) in [5.41, 5.74) is 2.55. The number of hydrogen-bond acceptors (Lipinski definition) is 4. The maximum absolute atomic E-state index is 12.2. The second-order valence-corrected chi connectivity index (χ2v) is 6.98. The predicted molar refractivity (Wildman–Crippen MR) is 129 cm³/mol. The summed E-state index contributed by atoms with van der Waals surface area (Å²) in [6, 6.07) is 26.7. The molecule has 0 amide bonds. The molecule has 8 nitrogen and oxygen atoms in total. The zero-order chi connectivity index (χ0) is 26.3. The van der Waals surface area contributed by atoms with E-state index in [1.165, 1.54) is 0 Å². The molecule has 0 aliphatic rings. The molecular formula is C26H19F3N8Pt2-6. The minimum Gasteiger partial charge on any atom is -0.619 e. The van der Waals surface area contributed by atoms with Crippen LogP contribution in [0.25, 0.3) is 22.5 Å². The summed E-state index contributed by atoms with van der Waals surface area (Å²) in [6.07, 6.45) is 2.11. The topological polar surface area (TPSA) is 108 Å². The maximum atomic E-state index is 12.2. The first-order valence-electron chi connectivity index (χ1n) is 10.7. The van der Waals surface area contributed by atoms with E-state index in [0.29, 0.717) is 5.56 Å². The second kappa shape index (κ2) is 17.9. The smallest absolute Gasteiger partial charge is 0.430 e. The SMILES string of the molecule is Cc1cc(-c2[c-]cccc2)[n-]n1.FC(F)(F)c1cc(-c2[c-]cccc2)[n-]n1.[Pt].[Pt].c1cn[n-]c1.c1cn[n-]c1. The van der Waals surface area contributed by atoms with Gasteiger partial charge in [-0.25, -0.2) is 11.4 Å². The normalized spacial score (nSPS) is 9.64. The van der Waals surface area contributed by atoms with Crippen LogP contribution in [0, 0.1) is 19.1 Å². The van der Waals surface area contributed by atoms with Gasteiger partial charge in [0.1, 0.15) is 5.69 Å². The van der Waals surface area contributed by atoms with Crippen molar-refractivity contribution in [3.05, 3.63) is 121 Å². The van der Waals surface area contributed by atoms with Gasteiger partial charge in [-0.1, -0.05) is 24.3 Å². The van der Waals surface area contributed by atoms with Gasteiger partial charge in [-0.2, -0.15) is 36.7 Å². The average molecular weight is 891 g/mol. The summed E-state index contributed by atoms with van der Waals surface area (Å²) in [5, 5.41) is 28.3. The number of halogens is 3. The Morgan fingerprint density at radius 2 is 1.21 bits per heavy atom. The van der Waals surface area contributed by atoms with Crippen molar-refractivity contribution in [3.63, 3.8) is 0 Å². The van der Waals surface area contributed by atoms with Crippen LogP contribution in [-0.4, -0.2) is 20.4 Å². The van der Waals surface area contributed by atoms with Crippen molar-refractivity contribution in [2.24, 2.45) is 0 Å². The predicted octanol–water partition coefficient (Wildman–Crippen LogP) is 4.41. The molecule has 0 atom stereocenters. The van der Waals surface area contributed by atoms with Crippen LogP contribution < -0.4 is 20.4 Å². The molecule has 0 radical (unpaired) electrons. The molecule has 0 saturated carbocycles. The first-order chi connectivity index (χ1) is 17.9. The van der Waals surface area contributed by atoms with Gasteiger partial charge in [0, 0.05) is 60.2 Å². The first kappa shape index (κ1) is 33.5. The van der Waals surface area contributed by atoms with Crippen LogP contribution in [0.1, 0.15) is 11.4 Å². The Kier molecular flexibility index (Phi) is 15.3. The zero-order valence-corrected chi connectivity index (χ0v) is 24.6. The zero-order valence-electron chi connectivity index (χ0n) is 20.1. The molecule has 210 valence electrons. The van der Waals surface area contributed by atoms with Crippen molar-refractivity contribution in [2.75, 3.05) is 0 Å². The third kappa shape index (κ3) is 12.2. The number of nitrogens with zero attached hydrogens (tertiary/aromatic N) is 8. The van der Waals surface area contributed by atoms with E-state index in [-0.39, 0.29) is 47.8 Å². The monoisotopic (exact) mass is 890 g/mol. The molecule has 2 aromatic carbocycles. The number of hydrogen-bond donors (Lipinski definition) is 0. The van der Waals surface area contributed by atoms with Gasteiger partial charge in [0.15, 0.2) is 0 Å². The molecular weight excluding hydrogens is 871 g/mol. The summed E-state index contributed by atoms with van der Waals surface area (Å²) in [6.45, 7) is 1.93. The molecule has 13 heteroatoms. The van der Waals surface area contributed by atoms with Crippen LogP contribution in [0.5, 0.6) is 0 Å². The van der Waals surface area contributed by atoms with Crippen LogP contribution in [0.15, 0.2) is 97.6 Å². The van der Waals surface area contributed by atoms with Crippen molar-refractivity contribution < 1.29 is 55.3 Å². The van der Waals surface area contributed by atoms with Gasteiger partial charge in [-0.3, -0.25) is 0 Å². The fourth-order valence-corrected chi connectivity index (χ4v) is 2.58. The summed E-state index contributed by atoms with van der Waals surface area (Å²) in [5.74, 6) is 0. The quantitative estimate of drug-likeness (QED) is 0.236. The molecule has 39 heavy (non-hydrogen) atoms. The third-order valence-corrected chi connectivity index (χ3v) is 4.20. The summed E-state index contributed by atoms with van der Waals surface area (Å²) < 4.78 is 36.6. The Morgan fingerprint density at radius 1 is 0.692 bits per heavy atom. The Hall–Kier alpha value is -3.55. The van der Waals surface area contributed by atoms with Gasteiger partial charge < -0.3 is 40.8 Å². The van der Waals surface area contributed by atoms with Crippen molar-refractivity contribution >= 4 is 0 Å². The number of aryl methyl sites for hydroxylation is 1. The molecule has 0 N–H and O–H groups in total. The molecule has 4 aromatic heterocycles. The fourth-order valence-electron chi connectivity index (χ4n) is 2.58. The van der Waals surface area contributed by atoms with Gasteiger partial charge in [-0.15, -0.1) is 60.7 Å². The Bertz CT molecular complexity index is 1310. The molecule has 0 aliphatic carbocycles. The van der Waals surface area contributed by atoms with Gasteiger partial charge in [0.05, 0.1) is 0 Å². The van der Waals surface area contributed by atoms with E-state index < -0.39 is 11.9 Å². The summed E-state index contributed by atoms with van der Waals surface area (Å²) in [7, 11) is 0. The first-order valence-corrected chi connectivity index (χ1v) is 10.7. The Morgan fingerprint density at radius 3 is 1.51 bits per heavy atom. The number of aromatic nitrogens is 8. The van der Waals surface area contributed by atoms with Crippen LogP contribution in [-0.2, 0) is 48.3 Å². The van der Waals surface area contributed by atoms with Crippen molar-refractivity contribution in [1.82, 2.24) is 40.8 Å². The Labute approximate surface area is 251 Å². The van der Waals surface area contributed by atoms with E-state index in [1.54, 1.807) is 61.2 Å². The standard InChI is InChI=1S/C10H5F3N2.C10H8N2.2C3H3N2.2Pt/c11-10(12,13)9-6-8(14-15-9)7-4-2-1-3-5-7;1-8-7-10(12-11-8)9-5-3-2-4-6-9;2*1-2-4-5-3-1;;/h1-4,6H;2-5,7H,1H3;2*1-3H;;/q2*-2;2*-1;;. The largest absolute Gasteiger partial charge is 0.619 e. The third-order valence-electron chi connectivity index (χ3n) is 4.20. The molecule has 0 aliphatic heterocycles. The molecule has 4 heterocycles. The van der Waals surface area contributed by atoms with Gasteiger partial charge in [0.2, 0.25) is 0 Å². The van der Waals surface area contributed by atoms with E-state index in [0.717, 1.165) is 23.0 Å². The Balaban J connectivity index is 0.000000281. The maximum Gasteiger partial charge on any atom is 0.430 e. The molecule has 6 rings (SSSR count). The van der Waals surface area contributed by atoms with E-state index in [4.69, 9.17) is 0 Å². The molecule has 0 bridgehead atoms. The van der Waals surface area contributed by atoms with Gasteiger partial charge in [-0.05, 0) is 6.92 Å². The van der Waals surface area contributed by atoms with Crippen LogP contribution in [0.2, 0.25) is 0 Å².